The summed E-state index contributed by atoms with van der Waals surface area (Å²) in [5.41, 5.74) is 1.62. The molecule has 7 nitrogen and oxygen atoms in total. The van der Waals surface area contributed by atoms with E-state index >= 15 is 0 Å². The Bertz CT molecular complexity index is 1250. The number of primary sulfonamides is 1. The SMILES string of the molecule is CC(C)[C@@H](NC(=O)Cc1cccc2ccccc12)C(=O)N[C@@H](C)c1ccc(S(N)(=O)=O)cc1. The molecule has 174 valence electrons. The van der Waals surface area contributed by atoms with Gasteiger partial charge in [0.1, 0.15) is 6.04 Å². The maximum absolute atomic E-state index is 13.0. The van der Waals surface area contributed by atoms with Gasteiger partial charge in [0.05, 0.1) is 17.4 Å². The predicted octanol–water partition coefficient (Wildman–Crippen LogP) is 3.05. The van der Waals surface area contributed by atoms with Crippen molar-refractivity contribution in [2.24, 2.45) is 11.1 Å². The maximum atomic E-state index is 13.0. The van der Waals surface area contributed by atoms with Crippen LogP contribution in [0.2, 0.25) is 0 Å². The molecule has 3 aromatic carbocycles. The van der Waals surface area contributed by atoms with Gasteiger partial charge in [0, 0.05) is 0 Å². The zero-order chi connectivity index (χ0) is 24.2. The van der Waals surface area contributed by atoms with Crippen molar-refractivity contribution in [1.29, 1.82) is 0 Å². The van der Waals surface area contributed by atoms with Gasteiger partial charge in [-0.1, -0.05) is 68.4 Å². The highest BCUT2D eigenvalue weighted by Gasteiger charge is 2.26. The molecule has 2 atom stereocenters. The summed E-state index contributed by atoms with van der Waals surface area (Å²) in [5.74, 6) is -0.664. The number of benzene rings is 3. The average molecular weight is 468 g/mol. The second-order valence-electron chi connectivity index (χ2n) is 8.45. The lowest BCUT2D eigenvalue weighted by molar-refractivity contribution is -0.130. The van der Waals surface area contributed by atoms with Gasteiger partial charge in [-0.15, -0.1) is 0 Å². The first-order valence-corrected chi connectivity index (χ1v) is 12.3. The fourth-order valence-corrected chi connectivity index (χ4v) is 4.23. The molecule has 0 unspecified atom stereocenters. The minimum Gasteiger partial charge on any atom is -0.348 e. The van der Waals surface area contributed by atoms with Crippen LogP contribution in [0.25, 0.3) is 10.8 Å². The second-order valence-corrected chi connectivity index (χ2v) is 10.0. The van der Waals surface area contributed by atoms with Gasteiger partial charge in [-0.2, -0.15) is 0 Å². The lowest BCUT2D eigenvalue weighted by Crippen LogP contribution is -2.50. The lowest BCUT2D eigenvalue weighted by atomic mass is 9.99. The number of amides is 2. The van der Waals surface area contributed by atoms with Crippen LogP contribution in [-0.2, 0) is 26.0 Å². The Hall–Kier alpha value is -3.23. The lowest BCUT2D eigenvalue weighted by Gasteiger charge is -2.24. The number of hydrogen-bond acceptors (Lipinski definition) is 4. The van der Waals surface area contributed by atoms with E-state index in [0.717, 1.165) is 21.9 Å². The van der Waals surface area contributed by atoms with E-state index in [4.69, 9.17) is 5.14 Å². The van der Waals surface area contributed by atoms with E-state index in [9.17, 15) is 18.0 Å². The van der Waals surface area contributed by atoms with Crippen molar-refractivity contribution in [2.45, 2.75) is 44.2 Å². The number of fused-ring (bicyclic) bond motifs is 1. The van der Waals surface area contributed by atoms with Crippen molar-refractivity contribution in [3.63, 3.8) is 0 Å². The Morgan fingerprint density at radius 3 is 2.15 bits per heavy atom. The van der Waals surface area contributed by atoms with Crippen molar-refractivity contribution in [1.82, 2.24) is 10.6 Å². The minimum atomic E-state index is -3.78. The quantitative estimate of drug-likeness (QED) is 0.472. The molecule has 0 aromatic heterocycles. The molecule has 0 bridgehead atoms. The van der Waals surface area contributed by atoms with Crippen molar-refractivity contribution in [3.05, 3.63) is 77.9 Å². The van der Waals surface area contributed by atoms with Gasteiger partial charge in [0.15, 0.2) is 0 Å². The van der Waals surface area contributed by atoms with Gasteiger partial charge < -0.3 is 10.6 Å². The third kappa shape index (κ3) is 6.18. The highest BCUT2D eigenvalue weighted by atomic mass is 32.2. The van der Waals surface area contributed by atoms with Crippen LogP contribution in [0.4, 0.5) is 0 Å². The van der Waals surface area contributed by atoms with E-state index in [1.54, 1.807) is 19.1 Å². The van der Waals surface area contributed by atoms with E-state index in [1.165, 1.54) is 12.1 Å². The molecule has 3 aromatic rings. The molecule has 8 heteroatoms. The largest absolute Gasteiger partial charge is 0.348 e. The molecule has 0 saturated carbocycles. The van der Waals surface area contributed by atoms with Crippen LogP contribution in [-0.4, -0.2) is 26.3 Å². The Balaban J connectivity index is 1.67. The first kappa shape index (κ1) is 24.4. The summed E-state index contributed by atoms with van der Waals surface area (Å²) in [6.45, 7) is 5.53. The Labute approximate surface area is 194 Å². The number of hydrogen-bond donors (Lipinski definition) is 3. The van der Waals surface area contributed by atoms with E-state index in [2.05, 4.69) is 10.6 Å². The second kappa shape index (κ2) is 10.1. The van der Waals surface area contributed by atoms with Crippen LogP contribution in [0.1, 0.15) is 37.9 Å². The van der Waals surface area contributed by atoms with E-state index < -0.39 is 16.1 Å². The Morgan fingerprint density at radius 2 is 1.52 bits per heavy atom. The molecule has 3 rings (SSSR count). The highest BCUT2D eigenvalue weighted by molar-refractivity contribution is 7.89. The molecule has 4 N–H and O–H groups in total. The summed E-state index contributed by atoms with van der Waals surface area (Å²) in [6, 6.07) is 18.6. The zero-order valence-electron chi connectivity index (χ0n) is 18.9. The van der Waals surface area contributed by atoms with E-state index in [-0.39, 0.29) is 35.1 Å². The van der Waals surface area contributed by atoms with Crippen LogP contribution in [0.15, 0.2) is 71.6 Å². The van der Waals surface area contributed by atoms with Crippen LogP contribution < -0.4 is 15.8 Å². The fourth-order valence-electron chi connectivity index (χ4n) is 3.71. The molecule has 0 aliphatic carbocycles. The monoisotopic (exact) mass is 467 g/mol. The summed E-state index contributed by atoms with van der Waals surface area (Å²) in [4.78, 5) is 25.8. The molecule has 0 radical (unpaired) electrons. The molecule has 2 amide bonds. The topological polar surface area (TPSA) is 118 Å². The summed E-state index contributed by atoms with van der Waals surface area (Å²) in [7, 11) is -3.78. The molecule has 33 heavy (non-hydrogen) atoms. The van der Waals surface area contributed by atoms with Crippen LogP contribution >= 0.6 is 0 Å². The summed E-state index contributed by atoms with van der Waals surface area (Å²) >= 11 is 0. The molecule has 0 heterocycles. The molecule has 0 aliphatic heterocycles. The number of nitrogens with one attached hydrogen (secondary N) is 2. The van der Waals surface area contributed by atoms with Gasteiger partial charge in [-0.25, -0.2) is 13.6 Å². The smallest absolute Gasteiger partial charge is 0.243 e. The van der Waals surface area contributed by atoms with Gasteiger partial charge in [-0.3, -0.25) is 9.59 Å². The van der Waals surface area contributed by atoms with Gasteiger partial charge >= 0.3 is 0 Å². The molecular formula is C25H29N3O4S. The third-order valence-corrected chi connectivity index (χ3v) is 6.49. The molecule has 0 fully saturated rings. The number of carbonyl (C=O) groups is 2. The molecule has 0 saturated heterocycles. The van der Waals surface area contributed by atoms with Crippen molar-refractivity contribution < 1.29 is 18.0 Å². The maximum Gasteiger partial charge on any atom is 0.243 e. The first-order valence-electron chi connectivity index (χ1n) is 10.8. The van der Waals surface area contributed by atoms with Crippen molar-refractivity contribution in [3.8, 4) is 0 Å². The third-order valence-electron chi connectivity index (χ3n) is 5.56. The summed E-state index contributed by atoms with van der Waals surface area (Å²) in [6.07, 6.45) is 0.169. The number of sulfonamides is 1. The predicted molar refractivity (Wildman–Crippen MR) is 129 cm³/mol. The molecule has 0 aliphatic rings. The van der Waals surface area contributed by atoms with Gasteiger partial charge in [-0.05, 0) is 46.9 Å². The van der Waals surface area contributed by atoms with Crippen molar-refractivity contribution >= 4 is 32.6 Å². The highest BCUT2D eigenvalue weighted by Crippen LogP contribution is 2.19. The summed E-state index contributed by atoms with van der Waals surface area (Å²) < 4.78 is 22.9. The van der Waals surface area contributed by atoms with Gasteiger partial charge in [0.25, 0.3) is 0 Å². The van der Waals surface area contributed by atoms with Crippen LogP contribution in [0.5, 0.6) is 0 Å². The number of nitrogens with two attached hydrogens (primary N) is 1. The minimum absolute atomic E-state index is 0.00512. The Kier molecular flexibility index (Phi) is 7.50. The standard InChI is InChI=1S/C25H29N3O4S/c1-16(2)24(25(30)27-17(3)18-11-13-21(14-12-18)33(26,31)32)28-23(29)15-20-9-6-8-19-7-4-5-10-22(19)20/h4-14,16-17,24H,15H2,1-3H3,(H,27,30)(H,28,29)(H2,26,31,32)/t17-,24+/m0/s1. The molecular weight excluding hydrogens is 438 g/mol. The average Bonchev–Trinajstić information content (AvgIpc) is 2.77. The van der Waals surface area contributed by atoms with Crippen LogP contribution in [0, 0.1) is 5.92 Å². The van der Waals surface area contributed by atoms with Crippen molar-refractivity contribution in [2.75, 3.05) is 0 Å². The van der Waals surface area contributed by atoms with Gasteiger partial charge in [0.2, 0.25) is 21.8 Å². The summed E-state index contributed by atoms with van der Waals surface area (Å²) in [5, 5.41) is 13.0. The van der Waals surface area contributed by atoms with E-state index in [1.807, 2.05) is 56.3 Å². The van der Waals surface area contributed by atoms with E-state index in [0.29, 0.717) is 0 Å². The molecule has 0 spiro atoms. The van der Waals surface area contributed by atoms with Crippen LogP contribution in [0.3, 0.4) is 0 Å². The normalized spacial score (nSPS) is 13.5. The Morgan fingerprint density at radius 1 is 0.879 bits per heavy atom. The fraction of sp³-hybridized carbons (Fsp3) is 0.280. The number of rotatable bonds is 8. The first-order chi connectivity index (χ1) is 15.6. The zero-order valence-corrected chi connectivity index (χ0v) is 19.7. The number of carbonyl (C=O) groups excluding carboxylic acids is 2.